The molecule has 0 aliphatic rings. The molecule has 0 bridgehead atoms. The Balaban J connectivity index is 1.95. The van der Waals surface area contributed by atoms with Gasteiger partial charge in [0.2, 0.25) is 0 Å². The van der Waals surface area contributed by atoms with E-state index in [9.17, 15) is 5.26 Å². The fraction of sp³-hybridized carbons (Fsp3) is 0.130. The molecule has 27 heavy (non-hydrogen) atoms. The first kappa shape index (κ1) is 18.7. The maximum absolute atomic E-state index is 9.69. The highest BCUT2D eigenvalue weighted by Gasteiger charge is 2.13. The minimum atomic E-state index is -0.523. The predicted octanol–water partition coefficient (Wildman–Crippen LogP) is 5.32. The molecule has 0 heterocycles. The van der Waals surface area contributed by atoms with E-state index in [1.54, 1.807) is 7.11 Å². The van der Waals surface area contributed by atoms with Crippen molar-refractivity contribution in [3.05, 3.63) is 101 Å². The third-order valence-corrected chi connectivity index (χ3v) is 4.47. The van der Waals surface area contributed by atoms with Crippen LogP contribution in [-0.4, -0.2) is 18.9 Å². The molecule has 1 atom stereocenters. The maximum Gasteiger partial charge on any atom is 0.141 e. The number of methoxy groups -OCH3 is 1. The van der Waals surface area contributed by atoms with Gasteiger partial charge in [0.1, 0.15) is 11.8 Å². The molecule has 0 saturated carbocycles. The van der Waals surface area contributed by atoms with Crippen LogP contribution in [0.25, 0.3) is 0 Å². The molecule has 3 aromatic rings. The third kappa shape index (κ3) is 4.75. The lowest BCUT2D eigenvalue weighted by atomic mass is 10.0. The normalized spacial score (nSPS) is 11.3. The molecular formula is C23H19ClN2O. The molecule has 3 rings (SSSR count). The van der Waals surface area contributed by atoms with Gasteiger partial charge in [-0.25, -0.2) is 0 Å². The number of hydrogen-bond acceptors (Lipinski definition) is 3. The second-order valence-corrected chi connectivity index (χ2v) is 6.43. The first-order valence-corrected chi connectivity index (χ1v) is 8.99. The number of nitriles is 1. The van der Waals surface area contributed by atoms with Gasteiger partial charge >= 0.3 is 0 Å². The van der Waals surface area contributed by atoms with Crippen LogP contribution in [0.2, 0.25) is 5.02 Å². The van der Waals surface area contributed by atoms with Gasteiger partial charge in [0.15, 0.2) is 0 Å². The average molecular weight is 375 g/mol. The van der Waals surface area contributed by atoms with Gasteiger partial charge in [0.05, 0.1) is 23.9 Å². The molecule has 0 N–H and O–H groups in total. The van der Waals surface area contributed by atoms with Crippen molar-refractivity contribution in [2.75, 3.05) is 7.11 Å². The van der Waals surface area contributed by atoms with Crippen LogP contribution in [0.5, 0.6) is 5.75 Å². The summed E-state index contributed by atoms with van der Waals surface area (Å²) in [5.41, 5.74) is 3.72. The van der Waals surface area contributed by atoms with Crippen LogP contribution in [0.15, 0.2) is 83.9 Å². The highest BCUT2D eigenvalue weighted by molar-refractivity contribution is 6.32. The average Bonchev–Trinajstić information content (AvgIpc) is 2.72. The SMILES string of the molecule is COc1ccc(CC(C#N)N=C(c2ccccc2)c2ccccc2)cc1Cl. The molecule has 0 fully saturated rings. The Bertz CT molecular complexity index is 921. The molecule has 0 aliphatic carbocycles. The van der Waals surface area contributed by atoms with Gasteiger partial charge in [-0.3, -0.25) is 4.99 Å². The van der Waals surface area contributed by atoms with E-state index in [0.29, 0.717) is 17.2 Å². The Kier molecular flexibility index (Phi) is 6.25. The molecule has 1 unspecified atom stereocenters. The molecular weight excluding hydrogens is 356 g/mol. The molecule has 0 saturated heterocycles. The standard InChI is InChI=1S/C23H19ClN2O/c1-27-22-13-12-17(15-21(22)24)14-20(16-25)26-23(18-8-4-2-5-9-18)19-10-6-3-7-11-19/h2-13,15,20H,14H2,1H3. The highest BCUT2D eigenvalue weighted by Crippen LogP contribution is 2.26. The summed E-state index contributed by atoms with van der Waals surface area (Å²) in [6.45, 7) is 0. The smallest absolute Gasteiger partial charge is 0.141 e. The van der Waals surface area contributed by atoms with Crippen LogP contribution in [0.3, 0.4) is 0 Å². The summed E-state index contributed by atoms with van der Waals surface area (Å²) >= 11 is 6.21. The van der Waals surface area contributed by atoms with Crippen molar-refractivity contribution in [1.82, 2.24) is 0 Å². The quantitative estimate of drug-likeness (QED) is 0.548. The van der Waals surface area contributed by atoms with Crippen LogP contribution < -0.4 is 4.74 Å². The second kappa shape index (κ2) is 9.02. The topological polar surface area (TPSA) is 45.4 Å². The molecule has 3 aromatic carbocycles. The summed E-state index contributed by atoms with van der Waals surface area (Å²) < 4.78 is 5.19. The van der Waals surface area contributed by atoms with Gasteiger partial charge < -0.3 is 4.74 Å². The molecule has 0 aromatic heterocycles. The summed E-state index contributed by atoms with van der Waals surface area (Å²) in [7, 11) is 1.58. The zero-order valence-corrected chi connectivity index (χ0v) is 15.7. The molecule has 0 spiro atoms. The van der Waals surface area contributed by atoms with Crippen molar-refractivity contribution >= 4 is 17.3 Å². The van der Waals surface area contributed by atoms with E-state index in [4.69, 9.17) is 21.3 Å². The monoisotopic (exact) mass is 374 g/mol. The lowest BCUT2D eigenvalue weighted by Crippen LogP contribution is -2.12. The van der Waals surface area contributed by atoms with E-state index in [0.717, 1.165) is 22.4 Å². The Morgan fingerprint density at radius 2 is 1.59 bits per heavy atom. The van der Waals surface area contributed by atoms with E-state index < -0.39 is 6.04 Å². The fourth-order valence-electron chi connectivity index (χ4n) is 2.84. The fourth-order valence-corrected chi connectivity index (χ4v) is 3.12. The molecule has 3 nitrogen and oxygen atoms in total. The second-order valence-electron chi connectivity index (χ2n) is 6.03. The van der Waals surface area contributed by atoms with Gasteiger partial charge in [-0.1, -0.05) is 78.3 Å². The highest BCUT2D eigenvalue weighted by atomic mass is 35.5. The summed E-state index contributed by atoms with van der Waals surface area (Å²) in [5.74, 6) is 0.617. The van der Waals surface area contributed by atoms with Crippen molar-refractivity contribution < 1.29 is 4.74 Å². The molecule has 134 valence electrons. The van der Waals surface area contributed by atoms with E-state index in [2.05, 4.69) is 6.07 Å². The van der Waals surface area contributed by atoms with E-state index in [-0.39, 0.29) is 0 Å². The first-order valence-electron chi connectivity index (χ1n) is 8.62. The van der Waals surface area contributed by atoms with Crippen LogP contribution in [0.1, 0.15) is 16.7 Å². The molecule has 0 radical (unpaired) electrons. The zero-order valence-electron chi connectivity index (χ0n) is 15.0. The van der Waals surface area contributed by atoms with Gasteiger partial charge in [0.25, 0.3) is 0 Å². The number of nitrogens with zero attached hydrogens (tertiary/aromatic N) is 2. The maximum atomic E-state index is 9.69. The number of ether oxygens (including phenoxy) is 1. The van der Waals surface area contributed by atoms with E-state index >= 15 is 0 Å². The van der Waals surface area contributed by atoms with Crippen LogP contribution in [-0.2, 0) is 6.42 Å². The van der Waals surface area contributed by atoms with Crippen molar-refractivity contribution in [3.8, 4) is 11.8 Å². The summed E-state index contributed by atoms with van der Waals surface area (Å²) in [4.78, 5) is 4.78. The van der Waals surface area contributed by atoms with Crippen molar-refractivity contribution in [1.29, 1.82) is 5.26 Å². The minimum absolute atomic E-state index is 0.476. The summed E-state index contributed by atoms with van der Waals surface area (Å²) in [6.07, 6.45) is 0.476. The summed E-state index contributed by atoms with van der Waals surface area (Å²) in [5, 5.41) is 10.2. The Morgan fingerprint density at radius 1 is 1.00 bits per heavy atom. The van der Waals surface area contributed by atoms with E-state index in [1.165, 1.54) is 0 Å². The van der Waals surface area contributed by atoms with Crippen molar-refractivity contribution in [2.24, 2.45) is 4.99 Å². The lowest BCUT2D eigenvalue weighted by Gasteiger charge is -2.12. The molecule has 0 amide bonds. The Morgan fingerprint density at radius 3 is 2.07 bits per heavy atom. The van der Waals surface area contributed by atoms with E-state index in [1.807, 2.05) is 78.9 Å². The number of halogens is 1. The molecule has 0 aliphatic heterocycles. The number of rotatable bonds is 6. The molecule has 4 heteroatoms. The summed E-state index contributed by atoms with van der Waals surface area (Å²) in [6, 6.07) is 27.2. The third-order valence-electron chi connectivity index (χ3n) is 4.17. The predicted molar refractivity (Wildman–Crippen MR) is 110 cm³/mol. The van der Waals surface area contributed by atoms with Crippen LogP contribution in [0, 0.1) is 11.3 Å². The van der Waals surface area contributed by atoms with Crippen LogP contribution in [0.4, 0.5) is 0 Å². The largest absolute Gasteiger partial charge is 0.495 e. The minimum Gasteiger partial charge on any atom is -0.495 e. The zero-order chi connectivity index (χ0) is 19.1. The Hall–Kier alpha value is -3.09. The van der Waals surface area contributed by atoms with Crippen molar-refractivity contribution in [3.63, 3.8) is 0 Å². The van der Waals surface area contributed by atoms with Gasteiger partial charge in [-0.05, 0) is 17.7 Å². The van der Waals surface area contributed by atoms with Crippen LogP contribution >= 0.6 is 11.6 Å². The number of benzene rings is 3. The van der Waals surface area contributed by atoms with Gasteiger partial charge in [0, 0.05) is 17.5 Å². The van der Waals surface area contributed by atoms with Gasteiger partial charge in [-0.15, -0.1) is 0 Å². The van der Waals surface area contributed by atoms with Crippen molar-refractivity contribution in [2.45, 2.75) is 12.5 Å². The number of hydrogen-bond donors (Lipinski definition) is 0. The Labute approximate surface area is 164 Å². The van der Waals surface area contributed by atoms with Gasteiger partial charge in [-0.2, -0.15) is 5.26 Å². The lowest BCUT2D eigenvalue weighted by molar-refractivity contribution is 0.415. The first-order chi connectivity index (χ1) is 13.2. The number of aliphatic imine (C=N–C) groups is 1.